The lowest BCUT2D eigenvalue weighted by Crippen LogP contribution is -2.06. The van der Waals surface area contributed by atoms with Crippen LogP contribution in [-0.4, -0.2) is 24.9 Å². The molecule has 156 valence electrons. The number of aromatic nitrogens is 4. The number of fused-ring (bicyclic) bond motifs is 2. The van der Waals surface area contributed by atoms with Crippen LogP contribution in [0.5, 0.6) is 0 Å². The van der Waals surface area contributed by atoms with E-state index < -0.39 is 4.92 Å². The molecule has 3 aromatic heterocycles. The molecular formula is C23H17N7O2. The molecule has 0 aliphatic heterocycles. The standard InChI is InChI=1S/C23H17N7O2/c1-14-10-11-15-5-2-9-19(20(15)27-14)29-23-21(30(31)32)22(25-13-26-23)28-18-8-3-7-17-16(18)6-4-12-24-17/h2-13H,1H3,(H2,25,26,28,29). The van der Waals surface area contributed by atoms with Crippen molar-refractivity contribution in [3.8, 4) is 0 Å². The Labute approximate surface area is 182 Å². The molecule has 32 heavy (non-hydrogen) atoms. The third-order valence-corrected chi connectivity index (χ3v) is 5.02. The molecule has 0 radical (unpaired) electrons. The summed E-state index contributed by atoms with van der Waals surface area (Å²) in [4.78, 5) is 28.7. The van der Waals surface area contributed by atoms with Crippen molar-refractivity contribution in [1.82, 2.24) is 19.9 Å². The molecule has 3 heterocycles. The average molecular weight is 423 g/mol. The summed E-state index contributed by atoms with van der Waals surface area (Å²) < 4.78 is 0. The van der Waals surface area contributed by atoms with Gasteiger partial charge in [0.25, 0.3) is 0 Å². The summed E-state index contributed by atoms with van der Waals surface area (Å²) in [6, 6.07) is 18.7. The van der Waals surface area contributed by atoms with Gasteiger partial charge in [0.15, 0.2) is 0 Å². The van der Waals surface area contributed by atoms with Gasteiger partial charge in [-0.1, -0.05) is 24.3 Å². The number of hydrogen-bond acceptors (Lipinski definition) is 8. The van der Waals surface area contributed by atoms with Crippen molar-refractivity contribution in [2.45, 2.75) is 6.92 Å². The number of nitro groups is 1. The van der Waals surface area contributed by atoms with Gasteiger partial charge in [-0.2, -0.15) is 0 Å². The first-order valence-electron chi connectivity index (χ1n) is 9.84. The number of benzene rings is 2. The Bertz CT molecular complexity index is 1480. The smallest absolute Gasteiger partial charge is 0.334 e. The van der Waals surface area contributed by atoms with Crippen molar-refractivity contribution in [2.75, 3.05) is 10.6 Å². The fourth-order valence-corrected chi connectivity index (χ4v) is 3.55. The molecule has 0 saturated carbocycles. The van der Waals surface area contributed by atoms with Gasteiger partial charge in [-0.3, -0.25) is 20.1 Å². The van der Waals surface area contributed by atoms with E-state index >= 15 is 0 Å². The maximum absolute atomic E-state index is 12.0. The molecule has 9 heteroatoms. The predicted octanol–water partition coefficient (Wildman–Crippen LogP) is 5.28. The molecule has 0 spiro atoms. The lowest BCUT2D eigenvalue weighted by Gasteiger charge is -2.12. The van der Waals surface area contributed by atoms with Crippen molar-refractivity contribution < 1.29 is 4.92 Å². The van der Waals surface area contributed by atoms with E-state index in [-0.39, 0.29) is 17.3 Å². The van der Waals surface area contributed by atoms with Gasteiger partial charge < -0.3 is 10.6 Å². The van der Waals surface area contributed by atoms with Crippen molar-refractivity contribution in [1.29, 1.82) is 0 Å². The van der Waals surface area contributed by atoms with Gasteiger partial charge in [0.05, 0.1) is 21.6 Å². The molecule has 2 N–H and O–H groups in total. The summed E-state index contributed by atoms with van der Waals surface area (Å²) in [6.07, 6.45) is 2.98. The zero-order valence-electron chi connectivity index (χ0n) is 17.0. The monoisotopic (exact) mass is 423 g/mol. The largest absolute Gasteiger partial charge is 0.353 e. The summed E-state index contributed by atoms with van der Waals surface area (Å²) in [5.41, 5.74) is 3.33. The van der Waals surface area contributed by atoms with Crippen LogP contribution in [0.2, 0.25) is 0 Å². The predicted molar refractivity (Wildman–Crippen MR) is 123 cm³/mol. The van der Waals surface area contributed by atoms with E-state index in [1.54, 1.807) is 6.20 Å². The second-order valence-electron chi connectivity index (χ2n) is 7.13. The average Bonchev–Trinajstić information content (AvgIpc) is 2.80. The molecule has 0 aliphatic rings. The normalized spacial score (nSPS) is 10.9. The topological polar surface area (TPSA) is 119 Å². The second-order valence-corrected chi connectivity index (χ2v) is 7.13. The van der Waals surface area contributed by atoms with Crippen molar-refractivity contribution in [3.05, 3.63) is 89.0 Å². The molecule has 0 unspecified atom stereocenters. The Hall–Kier alpha value is -4.66. The summed E-state index contributed by atoms with van der Waals surface area (Å²) >= 11 is 0. The maximum Gasteiger partial charge on any atom is 0.353 e. The number of hydrogen-bond donors (Lipinski definition) is 2. The van der Waals surface area contributed by atoms with Gasteiger partial charge in [0, 0.05) is 28.4 Å². The van der Waals surface area contributed by atoms with Gasteiger partial charge in [0.2, 0.25) is 11.6 Å². The third kappa shape index (κ3) is 3.52. The second kappa shape index (κ2) is 7.88. The van der Waals surface area contributed by atoms with Gasteiger partial charge in [-0.05, 0) is 43.3 Å². The van der Waals surface area contributed by atoms with Crippen molar-refractivity contribution in [3.63, 3.8) is 0 Å². The Morgan fingerprint density at radius 2 is 1.59 bits per heavy atom. The zero-order valence-corrected chi connectivity index (χ0v) is 17.0. The van der Waals surface area contributed by atoms with Crippen LogP contribution in [-0.2, 0) is 0 Å². The molecular weight excluding hydrogens is 406 g/mol. The lowest BCUT2D eigenvalue weighted by molar-refractivity contribution is -0.383. The first-order valence-corrected chi connectivity index (χ1v) is 9.84. The highest BCUT2D eigenvalue weighted by Gasteiger charge is 2.24. The number of nitrogens with one attached hydrogen (secondary N) is 2. The van der Waals surface area contributed by atoms with Crippen LogP contribution in [0.15, 0.2) is 73.2 Å². The fraction of sp³-hybridized carbons (Fsp3) is 0.0435. The number of anilines is 4. The van der Waals surface area contributed by atoms with Crippen LogP contribution in [0.1, 0.15) is 5.69 Å². The van der Waals surface area contributed by atoms with E-state index in [0.717, 1.165) is 22.0 Å². The van der Waals surface area contributed by atoms with E-state index in [0.29, 0.717) is 16.9 Å². The Balaban J connectivity index is 1.59. The number of rotatable bonds is 5. The molecule has 0 aliphatic carbocycles. The van der Waals surface area contributed by atoms with Gasteiger partial charge in [-0.15, -0.1) is 0 Å². The van der Waals surface area contributed by atoms with E-state index in [9.17, 15) is 10.1 Å². The van der Waals surface area contributed by atoms with E-state index in [4.69, 9.17) is 0 Å². The molecule has 9 nitrogen and oxygen atoms in total. The van der Waals surface area contributed by atoms with Crippen LogP contribution in [0.3, 0.4) is 0 Å². The van der Waals surface area contributed by atoms with E-state index in [2.05, 4.69) is 30.6 Å². The van der Waals surface area contributed by atoms with Crippen LogP contribution in [0.4, 0.5) is 28.7 Å². The molecule has 0 amide bonds. The van der Waals surface area contributed by atoms with Gasteiger partial charge in [-0.25, -0.2) is 9.97 Å². The minimum atomic E-state index is -0.502. The molecule has 2 aromatic carbocycles. The number of pyridine rings is 2. The third-order valence-electron chi connectivity index (χ3n) is 5.02. The van der Waals surface area contributed by atoms with Crippen LogP contribution < -0.4 is 10.6 Å². The molecule has 5 rings (SSSR count). The minimum Gasteiger partial charge on any atom is -0.334 e. The quantitative estimate of drug-likeness (QED) is 0.290. The van der Waals surface area contributed by atoms with Crippen LogP contribution in [0, 0.1) is 17.0 Å². The zero-order chi connectivity index (χ0) is 22.1. The molecule has 0 bridgehead atoms. The minimum absolute atomic E-state index is 0.0710. The first kappa shape index (κ1) is 19.3. The Morgan fingerprint density at radius 1 is 0.844 bits per heavy atom. The molecule has 5 aromatic rings. The molecule has 0 fully saturated rings. The highest BCUT2D eigenvalue weighted by molar-refractivity contribution is 5.95. The van der Waals surface area contributed by atoms with Gasteiger partial charge in [0.1, 0.15) is 6.33 Å². The fourth-order valence-electron chi connectivity index (χ4n) is 3.55. The SMILES string of the molecule is Cc1ccc2cccc(Nc3ncnc(Nc4cccc5ncccc45)c3[N+](=O)[O-])c2n1. The van der Waals surface area contributed by atoms with Crippen molar-refractivity contribution >= 4 is 50.5 Å². The molecule has 0 saturated heterocycles. The number of nitrogens with zero attached hydrogens (tertiary/aromatic N) is 5. The van der Waals surface area contributed by atoms with E-state index in [1.807, 2.05) is 67.6 Å². The highest BCUT2D eigenvalue weighted by atomic mass is 16.6. The lowest BCUT2D eigenvalue weighted by atomic mass is 10.1. The van der Waals surface area contributed by atoms with E-state index in [1.165, 1.54) is 6.33 Å². The summed E-state index contributed by atoms with van der Waals surface area (Å²) in [5.74, 6) is 0.148. The summed E-state index contributed by atoms with van der Waals surface area (Å²) in [6.45, 7) is 1.89. The van der Waals surface area contributed by atoms with Crippen LogP contribution in [0.25, 0.3) is 21.8 Å². The molecule has 0 atom stereocenters. The maximum atomic E-state index is 12.0. The first-order chi connectivity index (χ1) is 15.6. The van der Waals surface area contributed by atoms with Gasteiger partial charge >= 0.3 is 5.69 Å². The summed E-state index contributed by atoms with van der Waals surface area (Å²) in [7, 11) is 0. The Morgan fingerprint density at radius 3 is 2.41 bits per heavy atom. The highest BCUT2D eigenvalue weighted by Crippen LogP contribution is 2.35. The number of aryl methyl sites for hydroxylation is 1. The number of para-hydroxylation sites is 1. The summed E-state index contributed by atoms with van der Waals surface area (Å²) in [5, 5.41) is 19.9. The van der Waals surface area contributed by atoms with Crippen LogP contribution >= 0.6 is 0 Å². The van der Waals surface area contributed by atoms with Crippen molar-refractivity contribution in [2.24, 2.45) is 0 Å². The Kier molecular flexibility index (Phi) is 4.75.